The number of carbonyl (C=O) groups is 1. The van der Waals surface area contributed by atoms with Crippen LogP contribution in [0, 0.1) is 11.3 Å². The molecule has 0 bridgehead atoms. The number of nitrogens with one attached hydrogen (secondary N) is 1. The van der Waals surface area contributed by atoms with Gasteiger partial charge in [0.2, 0.25) is 5.91 Å². The zero-order valence-electron chi connectivity index (χ0n) is 11.0. The van der Waals surface area contributed by atoms with Gasteiger partial charge in [-0.25, -0.2) is 0 Å². The van der Waals surface area contributed by atoms with Crippen molar-refractivity contribution in [1.29, 1.82) is 0 Å². The van der Waals surface area contributed by atoms with Crippen molar-refractivity contribution in [3.8, 4) is 0 Å². The van der Waals surface area contributed by atoms with Crippen molar-refractivity contribution < 1.29 is 9.53 Å². The lowest BCUT2D eigenvalue weighted by atomic mass is 9.92. The average Bonchev–Trinajstić information content (AvgIpc) is 2.50. The molecule has 0 saturated carbocycles. The third-order valence-electron chi connectivity index (χ3n) is 3.66. The molecule has 17 heavy (non-hydrogen) atoms. The second-order valence-corrected chi connectivity index (χ2v) is 5.99. The summed E-state index contributed by atoms with van der Waals surface area (Å²) in [5.41, 5.74) is 0.178. The van der Waals surface area contributed by atoms with Crippen LogP contribution in [-0.4, -0.2) is 50.2 Å². The Kier molecular flexibility index (Phi) is 4.05. The van der Waals surface area contributed by atoms with Gasteiger partial charge in [-0.05, 0) is 18.3 Å². The Morgan fingerprint density at radius 3 is 2.76 bits per heavy atom. The Labute approximate surface area is 104 Å². The number of nitrogens with zero attached hydrogens (tertiary/aromatic N) is 1. The van der Waals surface area contributed by atoms with Gasteiger partial charge >= 0.3 is 0 Å². The van der Waals surface area contributed by atoms with Crippen molar-refractivity contribution in [2.24, 2.45) is 11.3 Å². The molecule has 1 N–H and O–H groups in total. The van der Waals surface area contributed by atoms with E-state index in [0.717, 1.165) is 52.2 Å². The molecule has 2 saturated heterocycles. The number of amides is 1. The Balaban J connectivity index is 1.97. The van der Waals surface area contributed by atoms with Crippen molar-refractivity contribution in [3.63, 3.8) is 0 Å². The van der Waals surface area contributed by atoms with Crippen LogP contribution in [0.1, 0.15) is 26.7 Å². The molecule has 0 unspecified atom stereocenters. The van der Waals surface area contributed by atoms with Crippen molar-refractivity contribution in [1.82, 2.24) is 10.2 Å². The monoisotopic (exact) mass is 240 g/mol. The lowest BCUT2D eigenvalue weighted by Crippen LogP contribution is -2.43. The zero-order chi connectivity index (χ0) is 12.3. The molecule has 0 aromatic heterocycles. The summed E-state index contributed by atoms with van der Waals surface area (Å²) in [5, 5.41) is 3.41. The minimum atomic E-state index is 0.178. The molecular weight excluding hydrogens is 216 g/mol. The van der Waals surface area contributed by atoms with Crippen LogP contribution >= 0.6 is 0 Å². The molecule has 2 rings (SSSR count). The van der Waals surface area contributed by atoms with E-state index in [-0.39, 0.29) is 11.3 Å². The second kappa shape index (κ2) is 5.36. The smallest absolute Gasteiger partial charge is 0.225 e. The largest absolute Gasteiger partial charge is 0.381 e. The van der Waals surface area contributed by atoms with Crippen molar-refractivity contribution in [2.75, 3.05) is 39.4 Å². The van der Waals surface area contributed by atoms with Crippen LogP contribution in [0.5, 0.6) is 0 Å². The third kappa shape index (κ3) is 3.42. The molecule has 1 amide bonds. The molecule has 2 aliphatic heterocycles. The first kappa shape index (κ1) is 12.8. The van der Waals surface area contributed by atoms with E-state index in [2.05, 4.69) is 24.1 Å². The highest BCUT2D eigenvalue weighted by atomic mass is 16.5. The molecule has 0 aromatic rings. The summed E-state index contributed by atoms with van der Waals surface area (Å²) in [5.74, 6) is 0.530. The maximum absolute atomic E-state index is 12.4. The van der Waals surface area contributed by atoms with Gasteiger partial charge in [0.15, 0.2) is 0 Å². The Morgan fingerprint density at radius 2 is 2.06 bits per heavy atom. The van der Waals surface area contributed by atoms with E-state index in [4.69, 9.17) is 4.74 Å². The molecule has 0 atom stereocenters. The molecule has 0 radical (unpaired) electrons. The van der Waals surface area contributed by atoms with Gasteiger partial charge in [0, 0.05) is 45.3 Å². The fourth-order valence-electron chi connectivity index (χ4n) is 2.68. The van der Waals surface area contributed by atoms with Gasteiger partial charge in [-0.1, -0.05) is 13.8 Å². The van der Waals surface area contributed by atoms with Crippen molar-refractivity contribution >= 4 is 5.91 Å². The predicted molar refractivity (Wildman–Crippen MR) is 66.8 cm³/mol. The summed E-state index contributed by atoms with van der Waals surface area (Å²) in [6.45, 7) is 9.54. The van der Waals surface area contributed by atoms with Gasteiger partial charge in [-0.3, -0.25) is 4.79 Å². The number of carbonyl (C=O) groups excluding carboxylic acids is 1. The topological polar surface area (TPSA) is 41.6 Å². The van der Waals surface area contributed by atoms with E-state index in [1.165, 1.54) is 0 Å². The summed E-state index contributed by atoms with van der Waals surface area (Å²) < 4.78 is 5.32. The van der Waals surface area contributed by atoms with Gasteiger partial charge in [0.1, 0.15) is 0 Å². The van der Waals surface area contributed by atoms with Crippen LogP contribution in [0.15, 0.2) is 0 Å². The summed E-state index contributed by atoms with van der Waals surface area (Å²) in [4.78, 5) is 14.5. The van der Waals surface area contributed by atoms with E-state index >= 15 is 0 Å². The van der Waals surface area contributed by atoms with Gasteiger partial charge in [-0.2, -0.15) is 0 Å². The molecule has 0 aromatic carbocycles. The van der Waals surface area contributed by atoms with E-state index in [1.807, 2.05) is 0 Å². The summed E-state index contributed by atoms with van der Waals surface area (Å²) in [6.07, 6.45) is 1.78. The Bertz CT molecular complexity index is 273. The lowest BCUT2D eigenvalue weighted by Gasteiger charge is -2.32. The summed E-state index contributed by atoms with van der Waals surface area (Å²) >= 11 is 0. The molecule has 0 spiro atoms. The molecule has 0 aliphatic carbocycles. The maximum atomic E-state index is 12.4. The van der Waals surface area contributed by atoms with Crippen LogP contribution in [0.4, 0.5) is 0 Å². The molecule has 98 valence electrons. The third-order valence-corrected chi connectivity index (χ3v) is 3.66. The van der Waals surface area contributed by atoms with E-state index in [1.54, 1.807) is 0 Å². The highest BCUT2D eigenvalue weighted by Crippen LogP contribution is 2.22. The van der Waals surface area contributed by atoms with Gasteiger partial charge in [0.05, 0.1) is 0 Å². The molecule has 2 heterocycles. The van der Waals surface area contributed by atoms with E-state index in [0.29, 0.717) is 5.91 Å². The fourth-order valence-corrected chi connectivity index (χ4v) is 2.68. The lowest BCUT2D eigenvalue weighted by molar-refractivity contribution is -0.139. The molecule has 4 heteroatoms. The van der Waals surface area contributed by atoms with Crippen LogP contribution in [0.2, 0.25) is 0 Å². The fraction of sp³-hybridized carbons (Fsp3) is 0.923. The van der Waals surface area contributed by atoms with Gasteiger partial charge in [-0.15, -0.1) is 0 Å². The number of hydrogen-bond donors (Lipinski definition) is 1. The second-order valence-electron chi connectivity index (χ2n) is 5.99. The number of rotatable bonds is 1. The molecule has 4 nitrogen and oxygen atoms in total. The van der Waals surface area contributed by atoms with Crippen LogP contribution in [0.3, 0.4) is 0 Å². The standard InChI is InChI=1S/C13H24N2O2/c1-13(2)9-14-5-6-15(10-13)12(16)11-3-7-17-8-4-11/h11,14H,3-10H2,1-2H3. The quantitative estimate of drug-likeness (QED) is 0.739. The van der Waals surface area contributed by atoms with Crippen LogP contribution in [0.25, 0.3) is 0 Å². The maximum Gasteiger partial charge on any atom is 0.225 e. The van der Waals surface area contributed by atoms with Gasteiger partial charge in [0.25, 0.3) is 0 Å². The highest BCUT2D eigenvalue weighted by Gasteiger charge is 2.31. The van der Waals surface area contributed by atoms with Crippen molar-refractivity contribution in [2.45, 2.75) is 26.7 Å². The first-order valence-corrected chi connectivity index (χ1v) is 6.66. The summed E-state index contributed by atoms with van der Waals surface area (Å²) in [6, 6.07) is 0. The van der Waals surface area contributed by atoms with E-state index < -0.39 is 0 Å². The van der Waals surface area contributed by atoms with Crippen LogP contribution < -0.4 is 5.32 Å². The minimum Gasteiger partial charge on any atom is -0.381 e. The van der Waals surface area contributed by atoms with Crippen LogP contribution in [-0.2, 0) is 9.53 Å². The number of ether oxygens (including phenoxy) is 1. The first-order chi connectivity index (χ1) is 8.08. The highest BCUT2D eigenvalue weighted by molar-refractivity contribution is 5.79. The van der Waals surface area contributed by atoms with Gasteiger partial charge < -0.3 is 15.0 Å². The normalized spacial score (nSPS) is 26.6. The molecular formula is C13H24N2O2. The molecule has 2 aliphatic rings. The number of hydrogen-bond acceptors (Lipinski definition) is 3. The summed E-state index contributed by atoms with van der Waals surface area (Å²) in [7, 11) is 0. The van der Waals surface area contributed by atoms with E-state index in [9.17, 15) is 4.79 Å². The average molecular weight is 240 g/mol. The minimum absolute atomic E-state index is 0.178. The Morgan fingerprint density at radius 1 is 1.35 bits per heavy atom. The Hall–Kier alpha value is -0.610. The molecule has 2 fully saturated rings. The first-order valence-electron chi connectivity index (χ1n) is 6.66. The predicted octanol–water partition coefficient (Wildman–Crippen LogP) is 0.871. The zero-order valence-corrected chi connectivity index (χ0v) is 11.0. The van der Waals surface area contributed by atoms with Crippen molar-refractivity contribution in [3.05, 3.63) is 0 Å². The SMILES string of the molecule is CC1(C)CNCCN(C(=O)C2CCOCC2)C1.